The van der Waals surface area contributed by atoms with Gasteiger partial charge in [0.25, 0.3) is 0 Å². The third kappa shape index (κ3) is 5.74. The molecular formula is C20H34N2OSi. The van der Waals surface area contributed by atoms with E-state index in [1.807, 2.05) is 12.4 Å². The molecule has 0 atom stereocenters. The molecule has 1 aromatic heterocycles. The van der Waals surface area contributed by atoms with E-state index < -0.39 is 8.07 Å². The molecule has 0 saturated heterocycles. The van der Waals surface area contributed by atoms with Crippen molar-refractivity contribution in [3.63, 3.8) is 0 Å². The number of hydrogen-bond acceptors (Lipinski definition) is 2. The Labute approximate surface area is 148 Å². The molecule has 0 aliphatic heterocycles. The van der Waals surface area contributed by atoms with Gasteiger partial charge in [-0.2, -0.15) is 0 Å². The van der Waals surface area contributed by atoms with Gasteiger partial charge in [0.05, 0.1) is 17.7 Å². The van der Waals surface area contributed by atoms with Crippen LogP contribution < -0.4 is 0 Å². The number of nitrogens with zero attached hydrogens (tertiary/aromatic N) is 2. The van der Waals surface area contributed by atoms with Crippen LogP contribution in [0.15, 0.2) is 19.5 Å². The summed E-state index contributed by atoms with van der Waals surface area (Å²) in [7, 11) is -1.05. The maximum atomic E-state index is 5.92. The van der Waals surface area contributed by atoms with Crippen LogP contribution >= 0.6 is 0 Å². The second-order valence-electron chi connectivity index (χ2n) is 8.31. The fraction of sp³-hybridized carbons (Fsp3) is 0.650. The van der Waals surface area contributed by atoms with E-state index in [0.717, 1.165) is 30.3 Å². The van der Waals surface area contributed by atoms with Crippen molar-refractivity contribution < 1.29 is 4.74 Å². The normalized spacial score (nSPS) is 16.3. The third-order valence-corrected chi connectivity index (χ3v) is 6.58. The van der Waals surface area contributed by atoms with Gasteiger partial charge in [0.1, 0.15) is 6.73 Å². The van der Waals surface area contributed by atoms with Crippen molar-refractivity contribution >= 4 is 19.7 Å². The van der Waals surface area contributed by atoms with E-state index in [2.05, 4.69) is 42.3 Å². The van der Waals surface area contributed by atoms with E-state index in [1.54, 1.807) is 0 Å². The van der Waals surface area contributed by atoms with E-state index in [4.69, 9.17) is 4.74 Å². The van der Waals surface area contributed by atoms with Gasteiger partial charge in [0, 0.05) is 14.7 Å². The van der Waals surface area contributed by atoms with Crippen LogP contribution in [-0.2, 0) is 11.5 Å². The molecule has 0 bridgehead atoms. The molecule has 0 spiro atoms. The molecule has 0 N–H and O–H groups in total. The predicted molar refractivity (Wildman–Crippen MR) is 107 cm³/mol. The van der Waals surface area contributed by atoms with Crippen LogP contribution in [-0.4, -0.2) is 24.2 Å². The monoisotopic (exact) mass is 346 g/mol. The van der Waals surface area contributed by atoms with Gasteiger partial charge in [0.2, 0.25) is 0 Å². The Kier molecular flexibility index (Phi) is 7.05. The second kappa shape index (κ2) is 8.81. The first kappa shape index (κ1) is 19.2. The number of imidazole rings is 1. The minimum absolute atomic E-state index is 0.560. The standard InChI is InChI=1S/C20H34N2OSi/c1-6-19-20(17(2)14-18-10-8-7-9-11-18)22(15-21-19)16-23-12-13-24(3,4)5/h6,15,18H,1-2,7-14,16H2,3-5H3. The summed E-state index contributed by atoms with van der Waals surface area (Å²) < 4.78 is 8.02. The van der Waals surface area contributed by atoms with Crippen LogP contribution in [0.25, 0.3) is 11.6 Å². The number of aromatic nitrogens is 2. The average Bonchev–Trinajstić information content (AvgIpc) is 2.94. The number of rotatable bonds is 9. The predicted octanol–water partition coefficient (Wildman–Crippen LogP) is 5.82. The zero-order valence-electron chi connectivity index (χ0n) is 15.8. The van der Waals surface area contributed by atoms with E-state index >= 15 is 0 Å². The summed E-state index contributed by atoms with van der Waals surface area (Å²) in [6.07, 6.45) is 11.6. The lowest BCUT2D eigenvalue weighted by Gasteiger charge is -2.23. The number of allylic oxidation sites excluding steroid dienone is 1. The number of hydrogen-bond donors (Lipinski definition) is 0. The highest BCUT2D eigenvalue weighted by Crippen LogP contribution is 2.32. The van der Waals surface area contributed by atoms with Crippen LogP contribution in [0.4, 0.5) is 0 Å². The fourth-order valence-corrected chi connectivity index (χ4v) is 4.16. The summed E-state index contributed by atoms with van der Waals surface area (Å²) in [6.45, 7) is 16.8. The zero-order chi connectivity index (χ0) is 17.6. The topological polar surface area (TPSA) is 27.1 Å². The molecule has 24 heavy (non-hydrogen) atoms. The van der Waals surface area contributed by atoms with Crippen molar-refractivity contribution in [3.05, 3.63) is 30.9 Å². The molecule has 0 amide bonds. The summed E-state index contributed by atoms with van der Waals surface area (Å²) in [5, 5.41) is 0. The lowest BCUT2D eigenvalue weighted by atomic mass is 9.84. The molecule has 1 fully saturated rings. The molecule has 0 radical (unpaired) electrons. The first-order valence-corrected chi connectivity index (χ1v) is 13.0. The summed E-state index contributed by atoms with van der Waals surface area (Å²) in [5.74, 6) is 0.778. The van der Waals surface area contributed by atoms with Gasteiger partial charge in [0.15, 0.2) is 0 Å². The molecule has 1 heterocycles. The molecule has 134 valence electrons. The molecule has 1 saturated carbocycles. The Morgan fingerprint density at radius 1 is 1.33 bits per heavy atom. The van der Waals surface area contributed by atoms with Crippen LogP contribution in [0.5, 0.6) is 0 Å². The Bertz CT molecular complexity index is 550. The summed E-state index contributed by atoms with van der Waals surface area (Å²) >= 11 is 0. The molecule has 1 aliphatic rings. The van der Waals surface area contributed by atoms with E-state index in [-0.39, 0.29) is 0 Å². The fourth-order valence-electron chi connectivity index (χ4n) is 3.41. The molecule has 0 aromatic carbocycles. The second-order valence-corrected chi connectivity index (χ2v) is 13.9. The van der Waals surface area contributed by atoms with E-state index in [1.165, 1.54) is 43.7 Å². The zero-order valence-corrected chi connectivity index (χ0v) is 16.8. The maximum Gasteiger partial charge on any atom is 0.124 e. The van der Waals surface area contributed by atoms with Crippen molar-refractivity contribution in [1.29, 1.82) is 0 Å². The van der Waals surface area contributed by atoms with Gasteiger partial charge in [-0.1, -0.05) is 64.9 Å². The summed E-state index contributed by atoms with van der Waals surface area (Å²) in [4.78, 5) is 4.49. The van der Waals surface area contributed by atoms with Gasteiger partial charge >= 0.3 is 0 Å². The Balaban J connectivity index is 1.97. The Morgan fingerprint density at radius 3 is 2.67 bits per heavy atom. The summed E-state index contributed by atoms with van der Waals surface area (Å²) in [6, 6.07) is 1.19. The highest BCUT2D eigenvalue weighted by molar-refractivity contribution is 6.76. The van der Waals surface area contributed by atoms with E-state index in [0.29, 0.717) is 6.73 Å². The Hall–Kier alpha value is -1.13. The number of ether oxygens (including phenoxy) is 1. The van der Waals surface area contributed by atoms with Gasteiger partial charge in [-0.3, -0.25) is 0 Å². The summed E-state index contributed by atoms with van der Waals surface area (Å²) in [5.41, 5.74) is 3.23. The van der Waals surface area contributed by atoms with Crippen molar-refractivity contribution in [2.45, 2.75) is 70.9 Å². The average molecular weight is 347 g/mol. The molecule has 0 unspecified atom stereocenters. The molecule has 1 aromatic rings. The van der Waals surface area contributed by atoms with Crippen LogP contribution in [0, 0.1) is 5.92 Å². The minimum atomic E-state index is -1.05. The van der Waals surface area contributed by atoms with Crippen molar-refractivity contribution in [2.75, 3.05) is 6.61 Å². The van der Waals surface area contributed by atoms with Crippen molar-refractivity contribution in [1.82, 2.24) is 9.55 Å². The minimum Gasteiger partial charge on any atom is -0.361 e. The largest absolute Gasteiger partial charge is 0.361 e. The van der Waals surface area contributed by atoms with E-state index in [9.17, 15) is 0 Å². The van der Waals surface area contributed by atoms with Gasteiger partial charge in [-0.25, -0.2) is 4.98 Å². The van der Waals surface area contributed by atoms with Crippen LogP contribution in [0.2, 0.25) is 25.7 Å². The Morgan fingerprint density at radius 2 is 2.04 bits per heavy atom. The highest BCUT2D eigenvalue weighted by atomic mass is 28.3. The molecule has 4 heteroatoms. The quantitative estimate of drug-likeness (QED) is 0.416. The smallest absolute Gasteiger partial charge is 0.124 e. The first-order chi connectivity index (χ1) is 11.4. The SMILES string of the molecule is C=Cc1ncn(COCC[Si](C)(C)C)c1C(=C)CC1CCCCC1. The lowest BCUT2D eigenvalue weighted by Crippen LogP contribution is -2.22. The van der Waals surface area contributed by atoms with Gasteiger partial charge < -0.3 is 9.30 Å². The lowest BCUT2D eigenvalue weighted by molar-refractivity contribution is 0.0865. The van der Waals surface area contributed by atoms with Gasteiger partial charge in [-0.05, 0) is 30.0 Å². The van der Waals surface area contributed by atoms with Crippen molar-refractivity contribution in [2.24, 2.45) is 5.92 Å². The first-order valence-electron chi connectivity index (χ1n) is 9.34. The third-order valence-electron chi connectivity index (χ3n) is 4.88. The highest BCUT2D eigenvalue weighted by Gasteiger charge is 2.19. The van der Waals surface area contributed by atoms with Crippen molar-refractivity contribution in [3.8, 4) is 0 Å². The van der Waals surface area contributed by atoms with Crippen LogP contribution in [0.3, 0.4) is 0 Å². The maximum absolute atomic E-state index is 5.92. The van der Waals surface area contributed by atoms with Crippen LogP contribution in [0.1, 0.15) is 49.9 Å². The molecule has 2 rings (SSSR count). The molecular weight excluding hydrogens is 312 g/mol. The van der Waals surface area contributed by atoms with Gasteiger partial charge in [-0.15, -0.1) is 0 Å². The molecule has 1 aliphatic carbocycles. The molecule has 3 nitrogen and oxygen atoms in total.